The highest BCUT2D eigenvalue weighted by molar-refractivity contribution is 6.36. The maximum absolute atomic E-state index is 13.4. The second-order valence-electron chi connectivity index (χ2n) is 3.98. The first-order valence-corrected chi connectivity index (χ1v) is 6.34. The molecule has 100 valence electrons. The number of hydrogen-bond acceptors (Lipinski definition) is 2. The van der Waals surface area contributed by atoms with Crippen LogP contribution in [0.15, 0.2) is 30.3 Å². The number of benzene rings is 2. The molecular formula is C14H12Cl2FNO. The van der Waals surface area contributed by atoms with Crippen molar-refractivity contribution >= 4 is 23.2 Å². The minimum Gasteiger partial charge on any atom is -0.495 e. The first kappa shape index (κ1) is 14.1. The van der Waals surface area contributed by atoms with Crippen molar-refractivity contribution in [1.82, 2.24) is 0 Å². The Morgan fingerprint density at radius 1 is 1.16 bits per heavy atom. The summed E-state index contributed by atoms with van der Waals surface area (Å²) in [6, 6.07) is 7.99. The van der Waals surface area contributed by atoms with Crippen molar-refractivity contribution in [2.45, 2.75) is 6.54 Å². The van der Waals surface area contributed by atoms with Crippen molar-refractivity contribution < 1.29 is 9.13 Å². The van der Waals surface area contributed by atoms with Crippen molar-refractivity contribution in [3.63, 3.8) is 0 Å². The summed E-state index contributed by atoms with van der Waals surface area (Å²) >= 11 is 12.3. The Bertz CT molecular complexity index is 617. The summed E-state index contributed by atoms with van der Waals surface area (Å²) in [6.45, 7) is 0.126. The highest BCUT2D eigenvalue weighted by Crippen LogP contribution is 2.37. The zero-order valence-electron chi connectivity index (χ0n) is 10.2. The average Bonchev–Trinajstić information content (AvgIpc) is 2.41. The maximum atomic E-state index is 13.4. The van der Waals surface area contributed by atoms with Gasteiger partial charge in [0, 0.05) is 23.7 Å². The van der Waals surface area contributed by atoms with Gasteiger partial charge in [-0.2, -0.15) is 0 Å². The largest absolute Gasteiger partial charge is 0.495 e. The van der Waals surface area contributed by atoms with Gasteiger partial charge in [0.05, 0.1) is 17.2 Å². The maximum Gasteiger partial charge on any atom is 0.138 e. The fourth-order valence-corrected chi connectivity index (χ4v) is 2.31. The van der Waals surface area contributed by atoms with Crippen LogP contribution >= 0.6 is 23.2 Å². The zero-order valence-corrected chi connectivity index (χ0v) is 11.7. The predicted molar refractivity (Wildman–Crippen MR) is 76.3 cm³/mol. The lowest BCUT2D eigenvalue weighted by Gasteiger charge is -2.10. The molecule has 19 heavy (non-hydrogen) atoms. The number of hydrogen-bond donors (Lipinski definition) is 1. The lowest BCUT2D eigenvalue weighted by molar-refractivity contribution is 0.415. The Labute approximate surface area is 120 Å². The molecule has 0 aliphatic heterocycles. The summed E-state index contributed by atoms with van der Waals surface area (Å²) in [5.74, 6) is 0.165. The molecule has 0 aliphatic carbocycles. The molecule has 0 unspecified atom stereocenters. The van der Waals surface area contributed by atoms with Crippen LogP contribution in [-0.4, -0.2) is 7.11 Å². The zero-order chi connectivity index (χ0) is 14.0. The monoisotopic (exact) mass is 299 g/mol. The fourth-order valence-electron chi connectivity index (χ4n) is 1.80. The van der Waals surface area contributed by atoms with E-state index in [4.69, 9.17) is 33.7 Å². The van der Waals surface area contributed by atoms with Crippen LogP contribution in [0.5, 0.6) is 5.75 Å². The highest BCUT2D eigenvalue weighted by atomic mass is 35.5. The third-order valence-electron chi connectivity index (χ3n) is 2.82. The van der Waals surface area contributed by atoms with Crippen LogP contribution < -0.4 is 10.5 Å². The van der Waals surface area contributed by atoms with Crippen molar-refractivity contribution in [3.05, 3.63) is 51.8 Å². The van der Waals surface area contributed by atoms with Crippen molar-refractivity contribution in [3.8, 4) is 16.9 Å². The second-order valence-corrected chi connectivity index (χ2v) is 4.79. The van der Waals surface area contributed by atoms with Gasteiger partial charge in [0.15, 0.2) is 0 Å². The van der Waals surface area contributed by atoms with E-state index in [9.17, 15) is 4.39 Å². The van der Waals surface area contributed by atoms with Gasteiger partial charge < -0.3 is 10.5 Å². The van der Waals surface area contributed by atoms with Gasteiger partial charge in [-0.3, -0.25) is 0 Å². The van der Waals surface area contributed by atoms with Gasteiger partial charge in [-0.1, -0.05) is 29.3 Å². The van der Waals surface area contributed by atoms with Crippen LogP contribution in [-0.2, 0) is 6.54 Å². The second kappa shape index (κ2) is 5.78. The molecule has 0 saturated heterocycles. The van der Waals surface area contributed by atoms with Crippen LogP contribution in [0.25, 0.3) is 11.1 Å². The van der Waals surface area contributed by atoms with Gasteiger partial charge in [-0.05, 0) is 23.8 Å². The Morgan fingerprint density at radius 3 is 2.53 bits per heavy atom. The number of rotatable bonds is 3. The molecule has 2 aromatic rings. The van der Waals surface area contributed by atoms with E-state index < -0.39 is 0 Å². The van der Waals surface area contributed by atoms with Crippen molar-refractivity contribution in [1.29, 1.82) is 0 Å². The molecule has 2 aromatic carbocycles. The van der Waals surface area contributed by atoms with Gasteiger partial charge in [-0.15, -0.1) is 0 Å². The minimum atomic E-state index is -0.331. The molecule has 2 nitrogen and oxygen atoms in total. The molecule has 0 radical (unpaired) electrons. The van der Waals surface area contributed by atoms with E-state index in [1.807, 2.05) is 0 Å². The lowest BCUT2D eigenvalue weighted by Crippen LogP contribution is -2.00. The van der Waals surface area contributed by atoms with Crippen LogP contribution in [0.4, 0.5) is 4.39 Å². The quantitative estimate of drug-likeness (QED) is 0.919. The van der Waals surface area contributed by atoms with E-state index in [1.165, 1.54) is 13.2 Å². The van der Waals surface area contributed by atoms with E-state index in [-0.39, 0.29) is 12.4 Å². The molecule has 0 heterocycles. The molecular weight excluding hydrogens is 288 g/mol. The molecule has 0 atom stereocenters. The Kier molecular flexibility index (Phi) is 4.30. The lowest BCUT2D eigenvalue weighted by atomic mass is 10.0. The first-order valence-electron chi connectivity index (χ1n) is 5.58. The third-order valence-corrected chi connectivity index (χ3v) is 3.43. The predicted octanol–water partition coefficient (Wildman–Crippen LogP) is 4.27. The molecule has 0 spiro atoms. The van der Waals surface area contributed by atoms with Crippen LogP contribution in [0.2, 0.25) is 10.0 Å². The molecule has 0 saturated carbocycles. The SMILES string of the molecule is COc1cc(Cl)c(-c2ccc(F)c(CN)c2)cc1Cl. The number of methoxy groups -OCH3 is 1. The summed E-state index contributed by atoms with van der Waals surface area (Å²) in [6.07, 6.45) is 0. The summed E-state index contributed by atoms with van der Waals surface area (Å²) in [5.41, 5.74) is 7.39. The molecule has 0 aromatic heterocycles. The van der Waals surface area contributed by atoms with E-state index in [0.717, 1.165) is 5.56 Å². The van der Waals surface area contributed by atoms with Crippen LogP contribution in [0.1, 0.15) is 5.56 Å². The summed E-state index contributed by atoms with van der Waals surface area (Å²) in [4.78, 5) is 0. The van der Waals surface area contributed by atoms with Crippen LogP contribution in [0.3, 0.4) is 0 Å². The number of halogens is 3. The van der Waals surface area contributed by atoms with Gasteiger partial charge >= 0.3 is 0 Å². The number of ether oxygens (including phenoxy) is 1. The molecule has 0 amide bonds. The molecule has 0 bridgehead atoms. The summed E-state index contributed by atoms with van der Waals surface area (Å²) < 4.78 is 18.5. The van der Waals surface area contributed by atoms with Gasteiger partial charge in [0.2, 0.25) is 0 Å². The smallest absolute Gasteiger partial charge is 0.138 e. The highest BCUT2D eigenvalue weighted by Gasteiger charge is 2.11. The normalized spacial score (nSPS) is 10.6. The van der Waals surface area contributed by atoms with Gasteiger partial charge in [0.1, 0.15) is 11.6 Å². The van der Waals surface area contributed by atoms with Crippen molar-refractivity contribution in [2.75, 3.05) is 7.11 Å². The van der Waals surface area contributed by atoms with E-state index in [2.05, 4.69) is 0 Å². The fraction of sp³-hybridized carbons (Fsp3) is 0.143. The first-order chi connectivity index (χ1) is 9.06. The van der Waals surface area contributed by atoms with E-state index >= 15 is 0 Å². The van der Waals surface area contributed by atoms with E-state index in [1.54, 1.807) is 24.3 Å². The Balaban J connectivity index is 2.56. The standard InChI is InChI=1S/C14H12Cl2FNO/c1-19-14-6-11(15)10(5-12(14)16)8-2-3-13(17)9(4-8)7-18/h2-6H,7,18H2,1H3. The van der Waals surface area contributed by atoms with Crippen molar-refractivity contribution in [2.24, 2.45) is 5.73 Å². The van der Waals surface area contributed by atoms with Gasteiger partial charge in [-0.25, -0.2) is 4.39 Å². The molecule has 0 aliphatic rings. The number of nitrogens with two attached hydrogens (primary N) is 1. The summed E-state index contributed by atoms with van der Waals surface area (Å²) in [5, 5.41) is 0.927. The summed E-state index contributed by atoms with van der Waals surface area (Å²) in [7, 11) is 1.52. The Morgan fingerprint density at radius 2 is 1.89 bits per heavy atom. The van der Waals surface area contributed by atoms with Gasteiger partial charge in [0.25, 0.3) is 0 Å². The Hall–Kier alpha value is -1.29. The minimum absolute atomic E-state index is 0.126. The molecule has 0 fully saturated rings. The average molecular weight is 300 g/mol. The molecule has 5 heteroatoms. The van der Waals surface area contributed by atoms with Crippen LogP contribution in [0, 0.1) is 5.82 Å². The molecule has 2 N–H and O–H groups in total. The van der Waals surface area contributed by atoms with E-state index in [0.29, 0.717) is 26.9 Å². The topological polar surface area (TPSA) is 35.2 Å². The molecule has 2 rings (SSSR count). The third kappa shape index (κ3) is 2.84.